The number of sulfone groups is 1. The van der Waals surface area contributed by atoms with Gasteiger partial charge < -0.3 is 16.2 Å². The summed E-state index contributed by atoms with van der Waals surface area (Å²) in [6, 6.07) is 5.88. The predicted molar refractivity (Wildman–Crippen MR) is 73.3 cm³/mol. The minimum atomic E-state index is -3.14. The van der Waals surface area contributed by atoms with Crippen LogP contribution in [0.3, 0.4) is 0 Å². The van der Waals surface area contributed by atoms with Gasteiger partial charge in [-0.25, -0.2) is 8.42 Å². The minimum absolute atomic E-state index is 0.0615. The molecule has 0 bridgehead atoms. The van der Waals surface area contributed by atoms with Crippen molar-refractivity contribution in [2.45, 2.75) is 19.1 Å². The molecule has 1 unspecified atom stereocenters. The van der Waals surface area contributed by atoms with Gasteiger partial charge in [0, 0.05) is 17.5 Å². The summed E-state index contributed by atoms with van der Waals surface area (Å²) in [6.07, 6.45) is 1.16. The molecule has 0 aliphatic heterocycles. The lowest BCUT2D eigenvalue weighted by Crippen LogP contribution is -2.37. The molecule has 106 valence electrons. The fourth-order valence-electron chi connectivity index (χ4n) is 1.48. The van der Waals surface area contributed by atoms with E-state index in [1.54, 1.807) is 24.3 Å². The molecule has 0 spiro atoms. The Balaban J connectivity index is 2.64. The maximum Gasteiger partial charge on any atom is 0.241 e. The average molecular weight is 286 g/mol. The number of amides is 1. The number of nitrogens with two attached hydrogens (primary N) is 1. The predicted octanol–water partition coefficient (Wildman–Crippen LogP) is -0.121. The van der Waals surface area contributed by atoms with Gasteiger partial charge in [-0.05, 0) is 12.5 Å². The number of hydrogen-bond donors (Lipinski definition) is 3. The Hall–Kier alpha value is -1.44. The van der Waals surface area contributed by atoms with Crippen LogP contribution in [0.1, 0.15) is 12.0 Å². The Labute approximate surface area is 112 Å². The fourth-order valence-corrected chi connectivity index (χ4v) is 2.16. The molecular weight excluding hydrogens is 268 g/mol. The SMILES string of the molecule is CS(=O)(=O)CCC(N)C(=O)Nc1ccccc1CO. The number of anilines is 1. The lowest BCUT2D eigenvalue weighted by atomic mass is 10.1. The van der Waals surface area contributed by atoms with Crippen LogP contribution in [0.5, 0.6) is 0 Å². The van der Waals surface area contributed by atoms with Gasteiger partial charge in [0.05, 0.1) is 18.4 Å². The number of para-hydroxylation sites is 1. The number of carbonyl (C=O) groups is 1. The van der Waals surface area contributed by atoms with Gasteiger partial charge in [-0.2, -0.15) is 0 Å². The molecule has 4 N–H and O–H groups in total. The van der Waals surface area contributed by atoms with E-state index < -0.39 is 21.8 Å². The summed E-state index contributed by atoms with van der Waals surface area (Å²) in [5.74, 6) is -0.604. The highest BCUT2D eigenvalue weighted by Gasteiger charge is 2.16. The molecule has 0 heterocycles. The van der Waals surface area contributed by atoms with Gasteiger partial charge in [-0.1, -0.05) is 18.2 Å². The van der Waals surface area contributed by atoms with Gasteiger partial charge in [0.15, 0.2) is 0 Å². The zero-order valence-electron chi connectivity index (χ0n) is 10.7. The number of aliphatic hydroxyl groups excluding tert-OH is 1. The van der Waals surface area contributed by atoms with E-state index in [9.17, 15) is 13.2 Å². The highest BCUT2D eigenvalue weighted by molar-refractivity contribution is 7.90. The van der Waals surface area contributed by atoms with Gasteiger partial charge in [0.2, 0.25) is 5.91 Å². The van der Waals surface area contributed by atoms with Gasteiger partial charge in [0.25, 0.3) is 0 Å². The molecule has 7 heteroatoms. The standard InChI is InChI=1S/C12H18N2O4S/c1-19(17,18)7-6-10(13)12(16)14-11-5-3-2-4-9(11)8-15/h2-5,10,15H,6-8,13H2,1H3,(H,14,16). The van der Waals surface area contributed by atoms with E-state index in [2.05, 4.69) is 5.32 Å². The number of aliphatic hydroxyl groups is 1. The molecule has 0 saturated heterocycles. The molecular formula is C12H18N2O4S. The smallest absolute Gasteiger partial charge is 0.241 e. The van der Waals surface area contributed by atoms with Crippen molar-refractivity contribution in [2.24, 2.45) is 5.73 Å². The molecule has 0 saturated carbocycles. The molecule has 1 aromatic carbocycles. The van der Waals surface area contributed by atoms with Crippen LogP contribution in [0, 0.1) is 0 Å². The van der Waals surface area contributed by atoms with Gasteiger partial charge in [0.1, 0.15) is 9.84 Å². The van der Waals surface area contributed by atoms with Crippen molar-refractivity contribution in [3.05, 3.63) is 29.8 Å². The zero-order chi connectivity index (χ0) is 14.5. The molecule has 0 radical (unpaired) electrons. The number of benzene rings is 1. The Morgan fingerprint density at radius 2 is 2.05 bits per heavy atom. The van der Waals surface area contributed by atoms with Crippen LogP contribution in [0.25, 0.3) is 0 Å². The van der Waals surface area contributed by atoms with E-state index in [4.69, 9.17) is 10.8 Å². The largest absolute Gasteiger partial charge is 0.392 e. The number of rotatable bonds is 6. The van der Waals surface area contributed by atoms with E-state index in [-0.39, 0.29) is 18.8 Å². The van der Waals surface area contributed by atoms with E-state index >= 15 is 0 Å². The normalized spacial score (nSPS) is 13.0. The Kier molecular flexibility index (Phi) is 5.46. The van der Waals surface area contributed by atoms with E-state index in [0.29, 0.717) is 11.3 Å². The van der Waals surface area contributed by atoms with Crippen molar-refractivity contribution in [3.63, 3.8) is 0 Å². The zero-order valence-corrected chi connectivity index (χ0v) is 11.5. The molecule has 1 rings (SSSR count). The second-order valence-electron chi connectivity index (χ2n) is 4.33. The Morgan fingerprint density at radius 3 is 2.63 bits per heavy atom. The lowest BCUT2D eigenvalue weighted by molar-refractivity contribution is -0.117. The Bertz CT molecular complexity index is 542. The monoisotopic (exact) mass is 286 g/mol. The number of carbonyl (C=O) groups excluding carboxylic acids is 1. The van der Waals surface area contributed by atoms with Crippen molar-refractivity contribution < 1.29 is 18.3 Å². The topological polar surface area (TPSA) is 109 Å². The summed E-state index contributed by atoms with van der Waals surface area (Å²) >= 11 is 0. The van der Waals surface area contributed by atoms with Gasteiger partial charge >= 0.3 is 0 Å². The molecule has 1 atom stereocenters. The van der Waals surface area contributed by atoms with Crippen LogP contribution >= 0.6 is 0 Å². The molecule has 0 aliphatic rings. The summed E-state index contributed by atoms with van der Waals surface area (Å²) in [5, 5.41) is 11.7. The fraction of sp³-hybridized carbons (Fsp3) is 0.417. The highest BCUT2D eigenvalue weighted by Crippen LogP contribution is 2.15. The highest BCUT2D eigenvalue weighted by atomic mass is 32.2. The summed E-state index contributed by atoms with van der Waals surface area (Å²) in [6.45, 7) is -0.199. The van der Waals surface area contributed by atoms with Crippen LogP contribution in [0.4, 0.5) is 5.69 Å². The van der Waals surface area contributed by atoms with Crippen LogP contribution in [0.2, 0.25) is 0 Å². The van der Waals surface area contributed by atoms with Gasteiger partial charge in [-0.3, -0.25) is 4.79 Å². The average Bonchev–Trinajstić information content (AvgIpc) is 2.35. The molecule has 1 aromatic rings. The number of nitrogens with one attached hydrogen (secondary N) is 1. The second kappa shape index (κ2) is 6.65. The molecule has 0 aliphatic carbocycles. The maximum atomic E-state index is 11.8. The van der Waals surface area contributed by atoms with Gasteiger partial charge in [-0.15, -0.1) is 0 Å². The second-order valence-corrected chi connectivity index (χ2v) is 6.59. The van der Waals surface area contributed by atoms with E-state index in [0.717, 1.165) is 6.26 Å². The van der Waals surface area contributed by atoms with E-state index in [1.165, 1.54) is 0 Å². The first-order valence-electron chi connectivity index (χ1n) is 5.76. The maximum absolute atomic E-state index is 11.8. The third-order valence-corrected chi connectivity index (χ3v) is 3.56. The van der Waals surface area contributed by atoms with Crippen molar-refractivity contribution in [2.75, 3.05) is 17.3 Å². The van der Waals surface area contributed by atoms with Crippen LogP contribution in [0.15, 0.2) is 24.3 Å². The van der Waals surface area contributed by atoms with Crippen molar-refractivity contribution in [1.29, 1.82) is 0 Å². The van der Waals surface area contributed by atoms with Crippen molar-refractivity contribution in [1.82, 2.24) is 0 Å². The molecule has 0 fully saturated rings. The molecule has 6 nitrogen and oxygen atoms in total. The molecule has 1 amide bonds. The van der Waals surface area contributed by atoms with E-state index in [1.807, 2.05) is 0 Å². The molecule has 0 aromatic heterocycles. The minimum Gasteiger partial charge on any atom is -0.392 e. The lowest BCUT2D eigenvalue weighted by Gasteiger charge is -2.13. The third kappa shape index (κ3) is 5.37. The summed E-state index contributed by atoms with van der Waals surface area (Å²) < 4.78 is 22.0. The summed E-state index contributed by atoms with van der Waals surface area (Å²) in [5.41, 5.74) is 6.68. The molecule has 19 heavy (non-hydrogen) atoms. The quantitative estimate of drug-likeness (QED) is 0.675. The first-order chi connectivity index (χ1) is 8.83. The first-order valence-corrected chi connectivity index (χ1v) is 7.82. The Morgan fingerprint density at radius 1 is 1.42 bits per heavy atom. The third-order valence-electron chi connectivity index (χ3n) is 2.58. The van der Waals surface area contributed by atoms with Crippen molar-refractivity contribution >= 4 is 21.4 Å². The number of hydrogen-bond acceptors (Lipinski definition) is 5. The van der Waals surface area contributed by atoms with Crippen LogP contribution in [-0.2, 0) is 21.2 Å². The first kappa shape index (κ1) is 15.6. The van der Waals surface area contributed by atoms with Crippen LogP contribution in [-0.4, -0.2) is 37.5 Å². The van der Waals surface area contributed by atoms with Crippen LogP contribution < -0.4 is 11.1 Å². The van der Waals surface area contributed by atoms with Crippen molar-refractivity contribution in [3.8, 4) is 0 Å². The summed E-state index contributed by atoms with van der Waals surface area (Å²) in [7, 11) is -3.14. The summed E-state index contributed by atoms with van der Waals surface area (Å²) in [4.78, 5) is 11.8.